The second-order valence-electron chi connectivity index (χ2n) is 10.7. The minimum atomic E-state index is -5.08. The third-order valence-corrected chi connectivity index (χ3v) is 9.11. The van der Waals surface area contributed by atoms with Crippen LogP contribution < -0.4 is 10.2 Å². The highest BCUT2D eigenvalue weighted by Crippen LogP contribution is 2.31. The molecule has 14 heteroatoms. The first-order valence-corrected chi connectivity index (χ1v) is 15.6. The van der Waals surface area contributed by atoms with Gasteiger partial charge in [-0.2, -0.15) is 13.2 Å². The van der Waals surface area contributed by atoms with Crippen molar-refractivity contribution < 1.29 is 36.3 Å². The molecule has 1 heterocycles. The van der Waals surface area contributed by atoms with Gasteiger partial charge in [-0.05, 0) is 30.5 Å². The number of sulfonamides is 1. The lowest BCUT2D eigenvalue weighted by atomic mass is 10.1. The van der Waals surface area contributed by atoms with Crippen LogP contribution in [0.2, 0.25) is 0 Å². The molecule has 2 N–H and O–H groups in total. The summed E-state index contributed by atoms with van der Waals surface area (Å²) in [5.41, 5.74) is 3.20. The maximum Gasteiger partial charge on any atom is 0.490 e. The fraction of sp³-hybridized carbons (Fsp3) is 0.387. The van der Waals surface area contributed by atoms with E-state index < -0.39 is 22.2 Å². The van der Waals surface area contributed by atoms with Crippen molar-refractivity contribution in [2.24, 2.45) is 4.99 Å². The molecule has 244 valence electrons. The number of amidine groups is 1. The molecular weight excluding hydrogens is 611 g/mol. The number of carbonyl (C=O) groups is 2. The molecule has 1 aliphatic heterocycles. The number of rotatable bonds is 11. The van der Waals surface area contributed by atoms with Crippen LogP contribution in [0.4, 0.5) is 18.9 Å². The molecule has 0 aliphatic carbocycles. The third-order valence-electron chi connectivity index (χ3n) is 7.20. The largest absolute Gasteiger partial charge is 0.490 e. The normalized spacial score (nSPS) is 13.1. The predicted octanol–water partition coefficient (Wildman–Crippen LogP) is 3.99. The summed E-state index contributed by atoms with van der Waals surface area (Å²) in [5.74, 6) is -1.81. The van der Waals surface area contributed by atoms with E-state index in [0.29, 0.717) is 24.8 Å². The van der Waals surface area contributed by atoms with E-state index in [9.17, 15) is 26.4 Å². The van der Waals surface area contributed by atoms with Gasteiger partial charge in [-0.3, -0.25) is 9.79 Å². The van der Waals surface area contributed by atoms with Crippen LogP contribution in [0.1, 0.15) is 24.0 Å². The van der Waals surface area contributed by atoms with Crippen molar-refractivity contribution in [3.05, 3.63) is 71.8 Å². The molecule has 1 amide bonds. The summed E-state index contributed by atoms with van der Waals surface area (Å²) in [6, 6.07) is 19.3. The van der Waals surface area contributed by atoms with Crippen LogP contribution in [0.25, 0.3) is 10.8 Å². The molecule has 3 aromatic carbocycles. The van der Waals surface area contributed by atoms with E-state index in [1.165, 1.54) is 4.31 Å². The van der Waals surface area contributed by atoms with Crippen molar-refractivity contribution in [1.29, 1.82) is 0 Å². The second-order valence-corrected chi connectivity index (χ2v) is 12.7. The van der Waals surface area contributed by atoms with E-state index >= 15 is 0 Å². The van der Waals surface area contributed by atoms with Crippen LogP contribution in [0, 0.1) is 0 Å². The Morgan fingerprint density at radius 3 is 2.13 bits per heavy atom. The minimum Gasteiger partial charge on any atom is -0.475 e. The Kier molecular flexibility index (Phi) is 11.9. The number of carboxylic acids is 1. The van der Waals surface area contributed by atoms with Gasteiger partial charge in [0.15, 0.2) is 0 Å². The molecule has 10 nitrogen and oxygen atoms in total. The molecule has 4 rings (SSSR count). The Balaban J connectivity index is 0.000000707. The van der Waals surface area contributed by atoms with Crippen LogP contribution in [-0.2, 0) is 26.0 Å². The van der Waals surface area contributed by atoms with Crippen molar-refractivity contribution >= 4 is 44.2 Å². The summed E-state index contributed by atoms with van der Waals surface area (Å²) in [6.45, 7) is 2.57. The summed E-state index contributed by atoms with van der Waals surface area (Å²) in [7, 11) is 3.55. The van der Waals surface area contributed by atoms with Gasteiger partial charge >= 0.3 is 12.1 Å². The van der Waals surface area contributed by atoms with Crippen molar-refractivity contribution in [2.45, 2.75) is 30.3 Å². The molecule has 0 bridgehead atoms. The fourth-order valence-corrected chi connectivity index (χ4v) is 6.07. The number of halogens is 3. The first-order chi connectivity index (χ1) is 21.1. The average molecular weight is 650 g/mol. The van der Waals surface area contributed by atoms with Gasteiger partial charge < -0.3 is 20.2 Å². The zero-order valence-corrected chi connectivity index (χ0v) is 26.5. The number of aliphatic imine (C=N–C) groups is 1. The number of benzene rings is 3. The lowest BCUT2D eigenvalue weighted by Gasteiger charge is -2.21. The molecule has 0 spiro atoms. The van der Waals surface area contributed by atoms with Crippen LogP contribution >= 0.6 is 0 Å². The first kappa shape index (κ1) is 35.3. The lowest BCUT2D eigenvalue weighted by molar-refractivity contribution is -0.192. The number of aliphatic carboxylic acids is 1. The lowest BCUT2D eigenvalue weighted by Crippen LogP contribution is -2.31. The first-order valence-electron chi connectivity index (χ1n) is 14.2. The summed E-state index contributed by atoms with van der Waals surface area (Å²) >= 11 is 0. The quantitative estimate of drug-likeness (QED) is 0.322. The molecule has 0 saturated carbocycles. The standard InChI is InChI=1S/C29H37N5O3S.C2HF3O2/c1-32(2)26-10-5-9-25-24(26)8-6-11-27(25)38(36,37)34(4)20-7-12-28(35)33(3)21-17-22-13-15-23(16-14-22)29-30-18-19-31-29;3-2(4,5)1(6)7/h5-6,8-11,13-16H,7,12,17-21H2,1-4H3,(H,30,31);(H,6,7). The maximum absolute atomic E-state index is 13.4. The van der Waals surface area contributed by atoms with Gasteiger partial charge in [0.25, 0.3) is 0 Å². The molecule has 0 radical (unpaired) electrons. The summed E-state index contributed by atoms with van der Waals surface area (Å²) in [6.07, 6.45) is -3.58. The molecular formula is C31H38F3N5O5S. The van der Waals surface area contributed by atoms with Gasteiger partial charge in [-0.1, -0.05) is 48.5 Å². The number of hydrogen-bond donors (Lipinski definition) is 2. The van der Waals surface area contributed by atoms with Gasteiger partial charge in [0, 0.05) is 76.3 Å². The zero-order valence-electron chi connectivity index (χ0n) is 25.6. The monoisotopic (exact) mass is 649 g/mol. The highest BCUT2D eigenvalue weighted by molar-refractivity contribution is 7.89. The van der Waals surface area contributed by atoms with E-state index in [4.69, 9.17) is 9.90 Å². The van der Waals surface area contributed by atoms with E-state index in [1.807, 2.05) is 43.3 Å². The number of carboxylic acid groups (broad SMARTS) is 1. The molecule has 45 heavy (non-hydrogen) atoms. The van der Waals surface area contributed by atoms with Crippen molar-refractivity contribution in [3.8, 4) is 0 Å². The number of likely N-dealkylation sites (N-methyl/N-ethyl adjacent to an activating group) is 1. The van der Waals surface area contributed by atoms with Gasteiger partial charge in [0.05, 0.1) is 11.4 Å². The van der Waals surface area contributed by atoms with E-state index in [2.05, 4.69) is 34.6 Å². The van der Waals surface area contributed by atoms with Crippen LogP contribution in [0.3, 0.4) is 0 Å². The van der Waals surface area contributed by atoms with Crippen LogP contribution in [0.15, 0.2) is 70.6 Å². The van der Waals surface area contributed by atoms with E-state index in [0.717, 1.165) is 47.5 Å². The molecule has 0 unspecified atom stereocenters. The molecule has 1 aliphatic rings. The highest BCUT2D eigenvalue weighted by atomic mass is 32.2. The fourth-order valence-electron chi connectivity index (χ4n) is 4.65. The molecule has 3 aromatic rings. The maximum atomic E-state index is 13.4. The number of alkyl halides is 3. The van der Waals surface area contributed by atoms with Crippen molar-refractivity contribution in [1.82, 2.24) is 14.5 Å². The topological polar surface area (TPSA) is 123 Å². The number of amides is 1. The Morgan fingerprint density at radius 1 is 0.933 bits per heavy atom. The Morgan fingerprint density at radius 2 is 1.56 bits per heavy atom. The molecule has 0 aromatic heterocycles. The zero-order chi connectivity index (χ0) is 33.4. The average Bonchev–Trinajstić information content (AvgIpc) is 3.54. The van der Waals surface area contributed by atoms with Gasteiger partial charge in [0.1, 0.15) is 5.84 Å². The summed E-state index contributed by atoms with van der Waals surface area (Å²) < 4.78 is 59.9. The Bertz CT molecular complexity index is 1630. The molecule has 0 atom stereocenters. The van der Waals surface area contributed by atoms with Crippen molar-refractivity contribution in [3.63, 3.8) is 0 Å². The van der Waals surface area contributed by atoms with E-state index in [-0.39, 0.29) is 17.3 Å². The van der Waals surface area contributed by atoms with Gasteiger partial charge in [-0.25, -0.2) is 17.5 Å². The number of carbonyl (C=O) groups excluding carboxylic acids is 1. The van der Waals surface area contributed by atoms with Crippen molar-refractivity contribution in [2.75, 3.05) is 59.3 Å². The summed E-state index contributed by atoms with van der Waals surface area (Å²) in [5, 5.41) is 12.0. The Labute approximate surface area is 261 Å². The second kappa shape index (κ2) is 15.2. The van der Waals surface area contributed by atoms with Crippen LogP contribution in [-0.4, -0.2) is 101 Å². The minimum absolute atomic E-state index is 0.0118. The Hall–Kier alpha value is -4.17. The number of hydrogen-bond acceptors (Lipinski definition) is 7. The van der Waals surface area contributed by atoms with Gasteiger partial charge in [0.2, 0.25) is 15.9 Å². The van der Waals surface area contributed by atoms with Gasteiger partial charge in [-0.15, -0.1) is 0 Å². The third kappa shape index (κ3) is 9.41. The predicted molar refractivity (Wildman–Crippen MR) is 168 cm³/mol. The smallest absolute Gasteiger partial charge is 0.475 e. The van der Waals surface area contributed by atoms with E-state index in [1.54, 1.807) is 31.1 Å². The summed E-state index contributed by atoms with van der Waals surface area (Å²) in [4.78, 5) is 30.0. The number of nitrogens with one attached hydrogen (secondary N) is 1. The number of nitrogens with zero attached hydrogens (tertiary/aromatic N) is 4. The number of fused-ring (bicyclic) bond motifs is 1. The van der Waals surface area contributed by atoms with Crippen LogP contribution in [0.5, 0.6) is 0 Å². The molecule has 0 saturated heterocycles. The SMILES string of the molecule is CN(CCc1ccc(C2=NCCN2)cc1)C(=O)CCCN(C)S(=O)(=O)c1cccc2c(N(C)C)cccc12.O=C(O)C(F)(F)F. The number of anilines is 1. The highest BCUT2D eigenvalue weighted by Gasteiger charge is 2.38. The molecule has 0 fully saturated rings.